The molecule has 0 aliphatic rings. The molecule has 0 amide bonds. The number of ether oxygens (including phenoxy) is 2. The molecule has 7 nitrogen and oxygen atoms in total. The van der Waals surface area contributed by atoms with Crippen LogP contribution in [0.2, 0.25) is 0 Å². The summed E-state index contributed by atoms with van der Waals surface area (Å²) < 4.78 is 9.92. The lowest BCUT2D eigenvalue weighted by atomic mass is 10.3. The molecule has 0 fully saturated rings. The van der Waals surface area contributed by atoms with Crippen LogP contribution in [-0.4, -0.2) is 43.4 Å². The Balaban J connectivity index is 2.87. The zero-order valence-electron chi connectivity index (χ0n) is 9.32. The topological polar surface area (TPSA) is 102 Å². The first kappa shape index (κ1) is 12.5. The minimum atomic E-state index is -0.340. The summed E-state index contributed by atoms with van der Waals surface area (Å²) in [5.41, 5.74) is 5.20. The lowest BCUT2D eigenvalue weighted by Crippen LogP contribution is -2.34. The highest BCUT2D eigenvalue weighted by Gasteiger charge is 2.13. The third-order valence-corrected chi connectivity index (χ3v) is 2.01. The molecule has 1 atom stereocenters. The molecule has 0 aliphatic carbocycles. The van der Waals surface area contributed by atoms with E-state index < -0.39 is 0 Å². The molecule has 1 aromatic rings. The van der Waals surface area contributed by atoms with Crippen molar-refractivity contribution >= 4 is 5.82 Å². The van der Waals surface area contributed by atoms with Crippen LogP contribution in [0.3, 0.4) is 0 Å². The van der Waals surface area contributed by atoms with Gasteiger partial charge in [0.25, 0.3) is 5.56 Å². The van der Waals surface area contributed by atoms with Crippen LogP contribution in [0.1, 0.15) is 0 Å². The van der Waals surface area contributed by atoms with Crippen LogP contribution in [0.5, 0.6) is 5.75 Å². The summed E-state index contributed by atoms with van der Waals surface area (Å²) in [6, 6.07) is -0.117. The van der Waals surface area contributed by atoms with Crippen molar-refractivity contribution in [1.82, 2.24) is 9.97 Å². The number of methoxy groups -OCH3 is 2. The summed E-state index contributed by atoms with van der Waals surface area (Å²) in [5, 5.41) is 2.98. The summed E-state index contributed by atoms with van der Waals surface area (Å²) in [7, 11) is 2.98. The lowest BCUT2D eigenvalue weighted by molar-refractivity contribution is 0.187. The maximum atomic E-state index is 11.4. The standard InChI is InChI=1S/C9H16N4O3/c1-15-4-6(3-10)13-8-7(16-2)9(14)12-5-11-8/h5-6H,3-4,10H2,1-2H3,(H2,11,12,13,14). The average Bonchev–Trinajstić information content (AvgIpc) is 2.28. The van der Waals surface area contributed by atoms with Crippen LogP contribution in [0.25, 0.3) is 0 Å². The molecule has 0 bridgehead atoms. The number of anilines is 1. The quantitative estimate of drug-likeness (QED) is 0.587. The van der Waals surface area contributed by atoms with E-state index in [2.05, 4.69) is 15.3 Å². The van der Waals surface area contributed by atoms with Gasteiger partial charge in [0.2, 0.25) is 5.75 Å². The van der Waals surface area contributed by atoms with Crippen molar-refractivity contribution in [3.05, 3.63) is 16.7 Å². The Morgan fingerprint density at radius 1 is 1.62 bits per heavy atom. The van der Waals surface area contributed by atoms with E-state index in [1.165, 1.54) is 13.4 Å². The molecule has 1 unspecified atom stereocenters. The molecular formula is C9H16N4O3. The van der Waals surface area contributed by atoms with Gasteiger partial charge in [0, 0.05) is 13.7 Å². The predicted octanol–water partition coefficient (Wildman–Crippen LogP) is -0.836. The molecule has 1 aromatic heterocycles. The molecule has 0 saturated heterocycles. The molecule has 0 saturated carbocycles. The molecular weight excluding hydrogens is 212 g/mol. The van der Waals surface area contributed by atoms with Crippen LogP contribution in [0, 0.1) is 0 Å². The molecule has 4 N–H and O–H groups in total. The van der Waals surface area contributed by atoms with Crippen molar-refractivity contribution in [2.45, 2.75) is 6.04 Å². The van der Waals surface area contributed by atoms with Crippen molar-refractivity contribution in [3.8, 4) is 5.75 Å². The number of H-pyrrole nitrogens is 1. The maximum absolute atomic E-state index is 11.4. The first-order valence-corrected chi connectivity index (χ1v) is 4.80. The second-order valence-electron chi connectivity index (χ2n) is 3.15. The first-order chi connectivity index (χ1) is 7.72. The summed E-state index contributed by atoms with van der Waals surface area (Å²) in [5.74, 6) is 0.496. The van der Waals surface area contributed by atoms with Crippen molar-refractivity contribution in [3.63, 3.8) is 0 Å². The molecule has 0 aromatic carbocycles. The number of aromatic nitrogens is 2. The largest absolute Gasteiger partial charge is 0.489 e. The van der Waals surface area contributed by atoms with Gasteiger partial charge in [-0.15, -0.1) is 0 Å². The smallest absolute Gasteiger partial charge is 0.295 e. The van der Waals surface area contributed by atoms with Crippen LogP contribution < -0.4 is 21.3 Å². The minimum Gasteiger partial charge on any atom is -0.489 e. The summed E-state index contributed by atoms with van der Waals surface area (Å²) in [6.45, 7) is 0.791. The highest BCUT2D eigenvalue weighted by molar-refractivity contribution is 5.48. The molecule has 7 heteroatoms. The highest BCUT2D eigenvalue weighted by Crippen LogP contribution is 2.15. The molecule has 0 radical (unpaired) electrons. The second-order valence-corrected chi connectivity index (χ2v) is 3.15. The van der Waals surface area contributed by atoms with Crippen molar-refractivity contribution in [1.29, 1.82) is 0 Å². The molecule has 0 aliphatic heterocycles. The van der Waals surface area contributed by atoms with Gasteiger partial charge < -0.3 is 25.5 Å². The lowest BCUT2D eigenvalue weighted by Gasteiger charge is -2.17. The van der Waals surface area contributed by atoms with E-state index in [0.717, 1.165) is 0 Å². The summed E-state index contributed by atoms with van der Waals surface area (Å²) >= 11 is 0. The van der Waals surface area contributed by atoms with E-state index in [0.29, 0.717) is 19.0 Å². The van der Waals surface area contributed by atoms with Gasteiger partial charge in [-0.2, -0.15) is 0 Å². The van der Waals surface area contributed by atoms with Gasteiger partial charge in [0.15, 0.2) is 5.82 Å². The highest BCUT2D eigenvalue weighted by atomic mass is 16.5. The maximum Gasteiger partial charge on any atom is 0.295 e. The van der Waals surface area contributed by atoms with Crippen LogP contribution in [0.4, 0.5) is 5.82 Å². The van der Waals surface area contributed by atoms with E-state index in [4.69, 9.17) is 15.2 Å². The van der Waals surface area contributed by atoms with Gasteiger partial charge in [0.05, 0.1) is 26.1 Å². The van der Waals surface area contributed by atoms with Crippen molar-refractivity contribution in [2.24, 2.45) is 5.73 Å². The summed E-state index contributed by atoms with van der Waals surface area (Å²) in [6.07, 6.45) is 1.30. The third-order valence-electron chi connectivity index (χ3n) is 2.01. The van der Waals surface area contributed by atoms with E-state index in [-0.39, 0.29) is 17.4 Å². The Morgan fingerprint density at radius 3 is 2.94 bits per heavy atom. The Bertz CT molecular complexity index is 379. The fourth-order valence-electron chi connectivity index (χ4n) is 1.24. The fourth-order valence-corrected chi connectivity index (χ4v) is 1.24. The molecule has 1 heterocycles. The predicted molar refractivity (Wildman–Crippen MR) is 59.8 cm³/mol. The first-order valence-electron chi connectivity index (χ1n) is 4.80. The SMILES string of the molecule is COCC(CN)Nc1nc[nH]c(=O)c1OC. The zero-order valence-corrected chi connectivity index (χ0v) is 9.32. The number of hydrogen-bond donors (Lipinski definition) is 3. The fraction of sp³-hybridized carbons (Fsp3) is 0.556. The number of nitrogens with two attached hydrogens (primary N) is 1. The van der Waals surface area contributed by atoms with Gasteiger partial charge in [-0.3, -0.25) is 4.79 Å². The van der Waals surface area contributed by atoms with E-state index in [1.54, 1.807) is 7.11 Å². The van der Waals surface area contributed by atoms with Crippen LogP contribution in [0.15, 0.2) is 11.1 Å². The van der Waals surface area contributed by atoms with Crippen LogP contribution in [-0.2, 0) is 4.74 Å². The Labute approximate surface area is 93.0 Å². The molecule has 1 rings (SSSR count). The molecule has 16 heavy (non-hydrogen) atoms. The number of rotatable bonds is 6. The van der Waals surface area contributed by atoms with Gasteiger partial charge in [-0.1, -0.05) is 0 Å². The van der Waals surface area contributed by atoms with Crippen LogP contribution >= 0.6 is 0 Å². The second kappa shape index (κ2) is 6.09. The average molecular weight is 228 g/mol. The normalized spacial score (nSPS) is 12.2. The van der Waals surface area contributed by atoms with E-state index in [9.17, 15) is 4.79 Å². The Hall–Kier alpha value is -1.60. The van der Waals surface area contributed by atoms with Gasteiger partial charge >= 0.3 is 0 Å². The zero-order chi connectivity index (χ0) is 12.0. The number of hydrogen-bond acceptors (Lipinski definition) is 6. The third kappa shape index (κ3) is 2.94. The number of aromatic amines is 1. The van der Waals surface area contributed by atoms with Gasteiger partial charge in [-0.05, 0) is 0 Å². The minimum absolute atomic E-state index is 0.117. The number of nitrogens with one attached hydrogen (secondary N) is 2. The molecule has 0 spiro atoms. The van der Waals surface area contributed by atoms with E-state index in [1.807, 2.05) is 0 Å². The monoisotopic (exact) mass is 228 g/mol. The molecule has 90 valence electrons. The van der Waals surface area contributed by atoms with Crippen molar-refractivity contribution < 1.29 is 9.47 Å². The van der Waals surface area contributed by atoms with E-state index >= 15 is 0 Å². The van der Waals surface area contributed by atoms with Gasteiger partial charge in [-0.25, -0.2) is 4.98 Å². The number of nitrogens with zero attached hydrogens (tertiary/aromatic N) is 1. The van der Waals surface area contributed by atoms with Gasteiger partial charge in [0.1, 0.15) is 0 Å². The van der Waals surface area contributed by atoms with Crippen molar-refractivity contribution in [2.75, 3.05) is 32.7 Å². The Kier molecular flexibility index (Phi) is 4.74. The summed E-state index contributed by atoms with van der Waals surface area (Å²) in [4.78, 5) is 17.8. The Morgan fingerprint density at radius 2 is 2.38 bits per heavy atom.